The number of esters is 1. The van der Waals surface area contributed by atoms with Crippen LogP contribution in [0.5, 0.6) is 0 Å². The smallest absolute Gasteiger partial charge is 0.328 e. The number of rotatable bonds is 7. The molecule has 1 unspecified atom stereocenters. The van der Waals surface area contributed by atoms with E-state index in [1.54, 1.807) is 35.6 Å². The Hall–Kier alpha value is -0.360. The summed E-state index contributed by atoms with van der Waals surface area (Å²) in [6, 6.07) is -0.529. The fourth-order valence-corrected chi connectivity index (χ4v) is 3.64. The van der Waals surface area contributed by atoms with E-state index in [0.717, 1.165) is 6.42 Å². The zero-order valence-corrected chi connectivity index (χ0v) is 13.6. The Labute approximate surface area is 118 Å². The number of hydrogen-bond donors (Lipinski definition) is 0. The SMILES string of the molecule is COC(=O)C(C)N(C)C(=O)CCC(C)(C)SSC. The number of hydrogen-bond acceptors (Lipinski definition) is 5. The molecule has 0 radical (unpaired) electrons. The minimum atomic E-state index is -0.529. The van der Waals surface area contributed by atoms with Gasteiger partial charge in [0.1, 0.15) is 6.04 Å². The van der Waals surface area contributed by atoms with Gasteiger partial charge in [0.25, 0.3) is 0 Å². The van der Waals surface area contributed by atoms with Gasteiger partial charge in [-0.05, 0) is 33.4 Å². The van der Waals surface area contributed by atoms with E-state index in [9.17, 15) is 9.59 Å². The van der Waals surface area contributed by atoms with E-state index in [0.29, 0.717) is 6.42 Å². The molecule has 0 spiro atoms. The van der Waals surface area contributed by atoms with E-state index in [2.05, 4.69) is 18.6 Å². The third kappa shape index (κ3) is 6.00. The molecular formula is C12H23NO3S2. The Bertz CT molecular complexity index is 295. The monoisotopic (exact) mass is 293 g/mol. The predicted molar refractivity (Wildman–Crippen MR) is 78.7 cm³/mol. The number of carbonyl (C=O) groups is 2. The van der Waals surface area contributed by atoms with Crippen molar-refractivity contribution in [3.63, 3.8) is 0 Å². The minimum absolute atomic E-state index is 0.0253. The van der Waals surface area contributed by atoms with Crippen LogP contribution < -0.4 is 0 Å². The van der Waals surface area contributed by atoms with Gasteiger partial charge < -0.3 is 9.64 Å². The highest BCUT2D eigenvalue weighted by atomic mass is 33.1. The third-order valence-electron chi connectivity index (χ3n) is 2.77. The lowest BCUT2D eigenvalue weighted by molar-refractivity contribution is -0.151. The van der Waals surface area contributed by atoms with Crippen molar-refractivity contribution in [3.05, 3.63) is 0 Å². The summed E-state index contributed by atoms with van der Waals surface area (Å²) in [5.74, 6) is -0.411. The highest BCUT2D eigenvalue weighted by molar-refractivity contribution is 8.76. The normalized spacial score (nSPS) is 13.0. The summed E-state index contributed by atoms with van der Waals surface area (Å²) in [4.78, 5) is 24.7. The molecule has 0 aromatic carbocycles. The van der Waals surface area contributed by atoms with Gasteiger partial charge in [0.05, 0.1) is 7.11 Å². The summed E-state index contributed by atoms with van der Waals surface area (Å²) < 4.78 is 4.69. The molecule has 1 amide bonds. The lowest BCUT2D eigenvalue weighted by atomic mass is 10.1. The van der Waals surface area contributed by atoms with E-state index in [1.807, 2.05) is 6.26 Å². The first-order chi connectivity index (χ1) is 8.25. The summed E-state index contributed by atoms with van der Waals surface area (Å²) in [6.07, 6.45) is 3.26. The number of methoxy groups -OCH3 is 1. The van der Waals surface area contributed by atoms with E-state index in [-0.39, 0.29) is 16.6 Å². The summed E-state index contributed by atoms with van der Waals surface area (Å²) in [7, 11) is 6.43. The van der Waals surface area contributed by atoms with Crippen LogP contribution in [0.25, 0.3) is 0 Å². The summed E-state index contributed by atoms with van der Waals surface area (Å²) in [5, 5.41) is 0. The molecule has 106 valence electrons. The zero-order chi connectivity index (χ0) is 14.3. The minimum Gasteiger partial charge on any atom is -0.467 e. The van der Waals surface area contributed by atoms with Crippen molar-refractivity contribution in [2.75, 3.05) is 20.4 Å². The molecule has 0 N–H and O–H groups in total. The Morgan fingerprint density at radius 2 is 1.94 bits per heavy atom. The van der Waals surface area contributed by atoms with E-state index in [4.69, 9.17) is 0 Å². The van der Waals surface area contributed by atoms with Crippen LogP contribution in [0.15, 0.2) is 0 Å². The van der Waals surface area contributed by atoms with E-state index in [1.165, 1.54) is 12.0 Å². The fraction of sp³-hybridized carbons (Fsp3) is 0.833. The standard InChI is InChI=1S/C12H23NO3S2/c1-9(11(15)16-5)13(4)10(14)7-8-12(2,3)18-17-6/h9H,7-8H2,1-6H3. The predicted octanol–water partition coefficient (Wildman–Crippen LogP) is 2.58. The maximum atomic E-state index is 12.0. The van der Waals surface area contributed by atoms with Crippen LogP contribution >= 0.6 is 21.6 Å². The summed E-state index contributed by atoms with van der Waals surface area (Å²) in [6.45, 7) is 5.90. The molecule has 0 fully saturated rings. The van der Waals surface area contributed by atoms with Gasteiger partial charge in [0.2, 0.25) is 5.91 Å². The Morgan fingerprint density at radius 3 is 2.39 bits per heavy atom. The largest absolute Gasteiger partial charge is 0.467 e. The van der Waals surface area contributed by atoms with Gasteiger partial charge in [-0.25, -0.2) is 4.79 Å². The zero-order valence-electron chi connectivity index (χ0n) is 12.0. The van der Waals surface area contributed by atoms with Crippen LogP contribution in [0.1, 0.15) is 33.6 Å². The van der Waals surface area contributed by atoms with Gasteiger partial charge in [-0.15, -0.1) is 0 Å². The molecule has 0 saturated carbocycles. The molecule has 0 bridgehead atoms. The van der Waals surface area contributed by atoms with E-state index >= 15 is 0 Å². The first-order valence-electron chi connectivity index (χ1n) is 5.80. The number of nitrogens with zero attached hydrogens (tertiary/aromatic N) is 1. The van der Waals surface area contributed by atoms with Gasteiger partial charge >= 0.3 is 5.97 Å². The van der Waals surface area contributed by atoms with Crippen molar-refractivity contribution in [1.29, 1.82) is 0 Å². The molecular weight excluding hydrogens is 270 g/mol. The maximum absolute atomic E-state index is 12.0. The molecule has 6 heteroatoms. The number of carbonyl (C=O) groups excluding carboxylic acids is 2. The Morgan fingerprint density at radius 1 is 1.39 bits per heavy atom. The first-order valence-corrected chi connectivity index (χ1v) is 8.36. The molecule has 0 heterocycles. The molecule has 1 atom stereocenters. The van der Waals surface area contributed by atoms with Crippen LogP contribution in [0.4, 0.5) is 0 Å². The second-order valence-electron chi connectivity index (χ2n) is 4.71. The molecule has 18 heavy (non-hydrogen) atoms. The van der Waals surface area contributed by atoms with Crippen molar-refractivity contribution >= 4 is 33.5 Å². The molecule has 0 saturated heterocycles. The van der Waals surface area contributed by atoms with E-state index < -0.39 is 6.04 Å². The molecule has 4 nitrogen and oxygen atoms in total. The third-order valence-corrected chi connectivity index (χ3v) is 5.44. The quantitative estimate of drug-likeness (QED) is 0.533. The highest BCUT2D eigenvalue weighted by Crippen LogP contribution is 2.37. The number of likely N-dealkylation sites (N-methyl/N-ethyl adjacent to an activating group) is 1. The topological polar surface area (TPSA) is 46.6 Å². The van der Waals surface area contributed by atoms with Crippen LogP contribution in [-0.2, 0) is 14.3 Å². The van der Waals surface area contributed by atoms with Crippen molar-refractivity contribution in [1.82, 2.24) is 4.90 Å². The first kappa shape index (κ1) is 17.6. The van der Waals surface area contributed by atoms with Crippen LogP contribution in [0, 0.1) is 0 Å². The van der Waals surface area contributed by atoms with Gasteiger partial charge in [-0.1, -0.05) is 21.6 Å². The van der Waals surface area contributed by atoms with Gasteiger partial charge in [-0.2, -0.15) is 0 Å². The van der Waals surface area contributed by atoms with Crippen molar-refractivity contribution in [2.45, 2.75) is 44.4 Å². The average molecular weight is 293 g/mol. The fourth-order valence-electron chi connectivity index (χ4n) is 1.40. The summed E-state index contributed by atoms with van der Waals surface area (Å²) in [5.41, 5.74) is 0. The van der Waals surface area contributed by atoms with Crippen molar-refractivity contribution in [2.24, 2.45) is 0 Å². The van der Waals surface area contributed by atoms with Crippen LogP contribution in [0.2, 0.25) is 0 Å². The maximum Gasteiger partial charge on any atom is 0.328 e. The van der Waals surface area contributed by atoms with Crippen LogP contribution in [0.3, 0.4) is 0 Å². The van der Waals surface area contributed by atoms with Gasteiger partial charge in [0.15, 0.2) is 0 Å². The molecule has 0 aliphatic carbocycles. The van der Waals surface area contributed by atoms with Gasteiger partial charge in [0, 0.05) is 18.2 Å². The lowest BCUT2D eigenvalue weighted by Crippen LogP contribution is -2.41. The average Bonchev–Trinajstić information content (AvgIpc) is 2.33. The molecule has 0 aliphatic heterocycles. The second-order valence-corrected chi connectivity index (χ2v) is 7.82. The molecule has 0 aromatic heterocycles. The van der Waals surface area contributed by atoms with Crippen molar-refractivity contribution in [3.8, 4) is 0 Å². The number of amides is 1. The van der Waals surface area contributed by atoms with Crippen LogP contribution in [-0.4, -0.2) is 48.0 Å². The lowest BCUT2D eigenvalue weighted by Gasteiger charge is -2.26. The number of ether oxygens (including phenoxy) is 1. The van der Waals surface area contributed by atoms with Gasteiger partial charge in [-0.3, -0.25) is 4.79 Å². The highest BCUT2D eigenvalue weighted by Gasteiger charge is 2.25. The second kappa shape index (κ2) is 7.94. The van der Waals surface area contributed by atoms with Crippen molar-refractivity contribution < 1.29 is 14.3 Å². The molecule has 0 aromatic rings. The Kier molecular flexibility index (Phi) is 7.78. The molecule has 0 rings (SSSR count). The Balaban J connectivity index is 4.29. The summed E-state index contributed by atoms with van der Waals surface area (Å²) >= 11 is 0. The molecule has 0 aliphatic rings.